The number of amides is 1. The molecule has 3 rings (SSSR count). The monoisotopic (exact) mass is 352 g/mol. The first-order chi connectivity index (χ1) is 11.0. The van der Waals surface area contributed by atoms with Crippen LogP contribution in [0.1, 0.15) is 41.6 Å². The topological polar surface area (TPSA) is 87.6 Å². The Bertz CT molecular complexity index is 722. The van der Waals surface area contributed by atoms with Gasteiger partial charge in [0.25, 0.3) is 5.91 Å². The molecule has 3 heterocycles. The molecule has 1 amide bonds. The maximum atomic E-state index is 12.4. The predicted octanol–water partition coefficient (Wildman–Crippen LogP) is 1.72. The van der Waals surface area contributed by atoms with Gasteiger partial charge in [-0.25, -0.2) is 0 Å². The SMILES string of the molecule is Cc1nn(C)c(C)c1-c1cc(C(=O)NC2CCCNC2C)[nH]n1.Cl. The maximum absolute atomic E-state index is 12.4. The third kappa shape index (κ3) is 3.47. The van der Waals surface area contributed by atoms with Crippen molar-refractivity contribution in [1.29, 1.82) is 0 Å². The number of hydrogen-bond acceptors (Lipinski definition) is 4. The summed E-state index contributed by atoms with van der Waals surface area (Å²) in [4.78, 5) is 12.4. The Kier molecular flexibility index (Phi) is 5.66. The lowest BCUT2D eigenvalue weighted by atomic mass is 10.00. The van der Waals surface area contributed by atoms with Crippen LogP contribution in [0.5, 0.6) is 0 Å². The van der Waals surface area contributed by atoms with Crippen molar-refractivity contribution in [3.63, 3.8) is 0 Å². The summed E-state index contributed by atoms with van der Waals surface area (Å²) >= 11 is 0. The lowest BCUT2D eigenvalue weighted by Crippen LogP contribution is -2.51. The summed E-state index contributed by atoms with van der Waals surface area (Å²) in [5.41, 5.74) is 4.17. The van der Waals surface area contributed by atoms with Gasteiger partial charge < -0.3 is 10.6 Å². The molecule has 3 N–H and O–H groups in total. The minimum absolute atomic E-state index is 0. The number of hydrogen-bond donors (Lipinski definition) is 3. The average molecular weight is 353 g/mol. The summed E-state index contributed by atoms with van der Waals surface area (Å²) in [5, 5.41) is 18.0. The third-order valence-electron chi connectivity index (χ3n) is 4.67. The Labute approximate surface area is 148 Å². The molecule has 1 aliphatic heterocycles. The lowest BCUT2D eigenvalue weighted by Gasteiger charge is -2.30. The van der Waals surface area contributed by atoms with E-state index in [9.17, 15) is 4.79 Å². The fourth-order valence-electron chi connectivity index (χ4n) is 3.20. The third-order valence-corrected chi connectivity index (χ3v) is 4.67. The van der Waals surface area contributed by atoms with Crippen LogP contribution in [0.4, 0.5) is 0 Å². The number of aryl methyl sites for hydroxylation is 2. The number of piperidine rings is 1. The number of carbonyl (C=O) groups excluding carboxylic acids is 1. The van der Waals surface area contributed by atoms with Crippen LogP contribution < -0.4 is 10.6 Å². The molecule has 0 aromatic carbocycles. The summed E-state index contributed by atoms with van der Waals surface area (Å²) in [6, 6.07) is 2.25. The summed E-state index contributed by atoms with van der Waals surface area (Å²) in [6.07, 6.45) is 2.08. The smallest absolute Gasteiger partial charge is 0.269 e. The van der Waals surface area contributed by atoms with Crippen molar-refractivity contribution in [2.24, 2.45) is 7.05 Å². The molecule has 2 aromatic rings. The van der Waals surface area contributed by atoms with Crippen LogP contribution in [0, 0.1) is 13.8 Å². The molecule has 2 atom stereocenters. The fourth-order valence-corrected chi connectivity index (χ4v) is 3.20. The van der Waals surface area contributed by atoms with Crippen LogP contribution >= 0.6 is 12.4 Å². The van der Waals surface area contributed by atoms with E-state index >= 15 is 0 Å². The highest BCUT2D eigenvalue weighted by molar-refractivity contribution is 5.93. The van der Waals surface area contributed by atoms with Gasteiger partial charge in [0.1, 0.15) is 5.69 Å². The van der Waals surface area contributed by atoms with Crippen molar-refractivity contribution in [2.75, 3.05) is 6.54 Å². The van der Waals surface area contributed by atoms with E-state index in [1.807, 2.05) is 25.6 Å². The van der Waals surface area contributed by atoms with Crippen LogP contribution in [-0.4, -0.2) is 44.5 Å². The van der Waals surface area contributed by atoms with Gasteiger partial charge in [0.2, 0.25) is 0 Å². The number of nitrogens with one attached hydrogen (secondary N) is 3. The number of halogens is 1. The van der Waals surface area contributed by atoms with Crippen molar-refractivity contribution in [3.05, 3.63) is 23.1 Å². The van der Waals surface area contributed by atoms with E-state index in [-0.39, 0.29) is 30.4 Å². The van der Waals surface area contributed by atoms with Crippen LogP contribution in [0.15, 0.2) is 6.07 Å². The summed E-state index contributed by atoms with van der Waals surface area (Å²) in [5.74, 6) is -0.108. The minimum Gasteiger partial charge on any atom is -0.346 e. The Hall–Kier alpha value is -1.86. The highest BCUT2D eigenvalue weighted by Gasteiger charge is 2.24. The second-order valence-corrected chi connectivity index (χ2v) is 6.30. The zero-order chi connectivity index (χ0) is 16.6. The molecule has 132 valence electrons. The van der Waals surface area contributed by atoms with Crippen molar-refractivity contribution < 1.29 is 4.79 Å². The molecule has 2 aromatic heterocycles. The first kappa shape index (κ1) is 18.5. The Morgan fingerprint density at radius 3 is 2.79 bits per heavy atom. The van der Waals surface area contributed by atoms with Gasteiger partial charge in [0, 0.05) is 30.4 Å². The molecule has 0 spiro atoms. The molecule has 1 fully saturated rings. The van der Waals surface area contributed by atoms with Gasteiger partial charge in [-0.2, -0.15) is 10.2 Å². The average Bonchev–Trinajstić information content (AvgIpc) is 3.07. The molecule has 7 nitrogen and oxygen atoms in total. The van der Waals surface area contributed by atoms with E-state index in [0.29, 0.717) is 5.69 Å². The number of H-pyrrole nitrogens is 1. The Balaban J connectivity index is 0.00000208. The first-order valence-electron chi connectivity index (χ1n) is 8.07. The van der Waals surface area contributed by atoms with Crippen molar-refractivity contribution in [2.45, 2.75) is 45.7 Å². The van der Waals surface area contributed by atoms with Crippen molar-refractivity contribution in [3.8, 4) is 11.3 Å². The zero-order valence-electron chi connectivity index (χ0n) is 14.5. The number of rotatable bonds is 3. The van der Waals surface area contributed by atoms with Gasteiger partial charge >= 0.3 is 0 Å². The van der Waals surface area contributed by atoms with E-state index in [0.717, 1.165) is 42.0 Å². The van der Waals surface area contributed by atoms with Crippen LogP contribution in [0.25, 0.3) is 11.3 Å². The number of carbonyl (C=O) groups is 1. The van der Waals surface area contributed by atoms with Crippen LogP contribution in [-0.2, 0) is 7.05 Å². The second kappa shape index (κ2) is 7.36. The Morgan fingerprint density at radius 1 is 1.42 bits per heavy atom. The molecule has 24 heavy (non-hydrogen) atoms. The van der Waals surface area contributed by atoms with E-state index in [1.165, 1.54) is 0 Å². The number of aromatic nitrogens is 4. The van der Waals surface area contributed by atoms with Gasteiger partial charge in [-0.05, 0) is 46.2 Å². The molecule has 1 saturated heterocycles. The highest BCUT2D eigenvalue weighted by Crippen LogP contribution is 2.25. The van der Waals surface area contributed by atoms with E-state index in [1.54, 1.807) is 6.07 Å². The second-order valence-electron chi connectivity index (χ2n) is 6.30. The van der Waals surface area contributed by atoms with Crippen LogP contribution in [0.2, 0.25) is 0 Å². The molecule has 8 heteroatoms. The van der Waals surface area contributed by atoms with E-state index < -0.39 is 0 Å². The Morgan fingerprint density at radius 2 is 2.17 bits per heavy atom. The molecule has 0 bridgehead atoms. The van der Waals surface area contributed by atoms with Gasteiger partial charge in [-0.15, -0.1) is 12.4 Å². The predicted molar refractivity (Wildman–Crippen MR) is 95.5 cm³/mol. The normalized spacial score (nSPS) is 20.5. The summed E-state index contributed by atoms with van der Waals surface area (Å²) in [6.45, 7) is 7.07. The molecular weight excluding hydrogens is 328 g/mol. The highest BCUT2D eigenvalue weighted by atomic mass is 35.5. The molecule has 0 aliphatic carbocycles. The molecule has 1 aliphatic rings. The van der Waals surface area contributed by atoms with Crippen LogP contribution in [0.3, 0.4) is 0 Å². The van der Waals surface area contributed by atoms with Crippen molar-refractivity contribution in [1.82, 2.24) is 30.6 Å². The van der Waals surface area contributed by atoms with E-state index in [4.69, 9.17) is 0 Å². The van der Waals surface area contributed by atoms with Gasteiger partial charge in [0.15, 0.2) is 0 Å². The number of nitrogens with zero attached hydrogens (tertiary/aromatic N) is 3. The standard InChI is InChI=1S/C16H24N6O.ClH/c1-9-12(6-5-7-17-9)18-16(23)14-8-13(19-20-14)15-10(2)21-22(4)11(15)3;/h8-9,12,17H,5-7H2,1-4H3,(H,18,23)(H,19,20);1H. The maximum Gasteiger partial charge on any atom is 0.269 e. The quantitative estimate of drug-likeness (QED) is 0.784. The lowest BCUT2D eigenvalue weighted by molar-refractivity contribution is 0.0914. The first-order valence-corrected chi connectivity index (χ1v) is 8.07. The summed E-state index contributed by atoms with van der Waals surface area (Å²) < 4.78 is 1.83. The zero-order valence-corrected chi connectivity index (χ0v) is 15.3. The van der Waals surface area contributed by atoms with Gasteiger partial charge in [0.05, 0.1) is 11.4 Å². The molecule has 0 saturated carbocycles. The minimum atomic E-state index is -0.108. The molecule has 0 radical (unpaired) electrons. The summed E-state index contributed by atoms with van der Waals surface area (Å²) in [7, 11) is 1.91. The molecular formula is C16H25ClN6O. The van der Waals surface area contributed by atoms with Crippen molar-refractivity contribution >= 4 is 18.3 Å². The van der Waals surface area contributed by atoms with E-state index in [2.05, 4.69) is 32.9 Å². The fraction of sp³-hybridized carbons (Fsp3) is 0.562. The molecule has 2 unspecified atom stereocenters. The van der Waals surface area contributed by atoms with Gasteiger partial charge in [-0.1, -0.05) is 0 Å². The van der Waals surface area contributed by atoms with Gasteiger partial charge in [-0.3, -0.25) is 14.6 Å². The largest absolute Gasteiger partial charge is 0.346 e. The number of aromatic amines is 1.